The van der Waals surface area contributed by atoms with Crippen molar-refractivity contribution in [2.75, 3.05) is 5.73 Å². The second-order valence-corrected chi connectivity index (χ2v) is 5.18. The van der Waals surface area contributed by atoms with Crippen LogP contribution >= 0.6 is 0 Å². The summed E-state index contributed by atoms with van der Waals surface area (Å²) < 4.78 is 15.1. The fraction of sp³-hybridized carbons (Fsp3) is 0.118. The van der Waals surface area contributed by atoms with Crippen LogP contribution in [0.2, 0.25) is 0 Å². The normalized spacial score (nSPS) is 10.8. The summed E-state index contributed by atoms with van der Waals surface area (Å²) in [6.45, 7) is 4.08. The van der Waals surface area contributed by atoms with Crippen LogP contribution in [0, 0.1) is 19.7 Å². The minimum Gasteiger partial charge on any atom is -0.396 e. The van der Waals surface area contributed by atoms with Gasteiger partial charge in [0.25, 0.3) is 0 Å². The van der Waals surface area contributed by atoms with Crippen molar-refractivity contribution in [2.45, 2.75) is 13.8 Å². The zero-order chi connectivity index (χ0) is 15.0. The molecule has 0 radical (unpaired) electrons. The Bertz CT molecular complexity index is 806. The number of aromatic nitrogens is 2. The molecule has 0 spiro atoms. The van der Waals surface area contributed by atoms with Crippen LogP contribution in [-0.4, -0.2) is 9.78 Å². The summed E-state index contributed by atoms with van der Waals surface area (Å²) in [5.41, 5.74) is 11.1. The Kier molecular flexibility index (Phi) is 3.22. The lowest BCUT2D eigenvalue weighted by Gasteiger charge is -2.06. The fourth-order valence-corrected chi connectivity index (χ4v) is 2.43. The second kappa shape index (κ2) is 5.05. The van der Waals surface area contributed by atoms with Gasteiger partial charge in [-0.25, -0.2) is 9.07 Å². The van der Waals surface area contributed by atoms with E-state index in [0.717, 1.165) is 11.3 Å². The number of nitrogens with two attached hydrogens (primary N) is 1. The Hall–Kier alpha value is -2.62. The molecule has 1 heterocycles. The molecule has 0 saturated heterocycles. The highest BCUT2D eigenvalue weighted by Gasteiger charge is 2.11. The molecule has 3 aromatic rings. The Morgan fingerprint density at radius 1 is 1.10 bits per heavy atom. The Balaban J connectivity index is 2.09. The third-order valence-corrected chi connectivity index (χ3v) is 3.44. The van der Waals surface area contributed by atoms with Gasteiger partial charge in [0.15, 0.2) is 0 Å². The average Bonchev–Trinajstić information content (AvgIpc) is 2.80. The van der Waals surface area contributed by atoms with E-state index in [9.17, 15) is 4.39 Å². The Labute approximate surface area is 122 Å². The van der Waals surface area contributed by atoms with Crippen LogP contribution < -0.4 is 5.73 Å². The van der Waals surface area contributed by atoms with Gasteiger partial charge in [0.1, 0.15) is 11.5 Å². The van der Waals surface area contributed by atoms with Crippen molar-refractivity contribution in [3.63, 3.8) is 0 Å². The van der Waals surface area contributed by atoms with Gasteiger partial charge in [-0.1, -0.05) is 29.8 Å². The smallest absolute Gasteiger partial charge is 0.123 e. The van der Waals surface area contributed by atoms with Gasteiger partial charge in [-0.15, -0.1) is 0 Å². The average molecular weight is 281 g/mol. The maximum absolute atomic E-state index is 13.3. The van der Waals surface area contributed by atoms with Crippen molar-refractivity contribution in [2.24, 2.45) is 0 Å². The Morgan fingerprint density at radius 3 is 2.62 bits per heavy atom. The third-order valence-electron chi connectivity index (χ3n) is 3.44. The van der Waals surface area contributed by atoms with Crippen molar-refractivity contribution in [1.82, 2.24) is 9.78 Å². The number of aryl methyl sites for hydroxylation is 2. The van der Waals surface area contributed by atoms with Crippen LogP contribution in [0.25, 0.3) is 16.9 Å². The zero-order valence-corrected chi connectivity index (χ0v) is 12.0. The van der Waals surface area contributed by atoms with Gasteiger partial charge < -0.3 is 5.73 Å². The van der Waals surface area contributed by atoms with Gasteiger partial charge in [0, 0.05) is 5.56 Å². The minimum atomic E-state index is -0.298. The van der Waals surface area contributed by atoms with E-state index >= 15 is 0 Å². The molecule has 0 aliphatic carbocycles. The maximum Gasteiger partial charge on any atom is 0.123 e. The molecule has 2 aromatic carbocycles. The summed E-state index contributed by atoms with van der Waals surface area (Å²) in [5, 5.41) is 4.51. The predicted octanol–water partition coefficient (Wildman–Crippen LogP) is 3.88. The molecule has 3 rings (SSSR count). The minimum absolute atomic E-state index is 0.298. The standard InChI is InChI=1S/C17H16FN3/c1-11-6-7-16(12(2)8-11)21-10-15(19)17(20-21)13-4-3-5-14(18)9-13/h3-10H,19H2,1-2H3. The monoisotopic (exact) mass is 281 g/mol. The lowest BCUT2D eigenvalue weighted by Crippen LogP contribution is -1.98. The van der Waals surface area contributed by atoms with Crippen LogP contribution in [0.5, 0.6) is 0 Å². The van der Waals surface area contributed by atoms with E-state index in [-0.39, 0.29) is 5.82 Å². The molecule has 3 nitrogen and oxygen atoms in total. The molecule has 2 N–H and O–H groups in total. The van der Waals surface area contributed by atoms with Gasteiger partial charge in [0.2, 0.25) is 0 Å². The van der Waals surface area contributed by atoms with E-state index in [2.05, 4.69) is 11.2 Å². The fourth-order valence-electron chi connectivity index (χ4n) is 2.43. The SMILES string of the molecule is Cc1ccc(-n2cc(N)c(-c3cccc(F)c3)n2)c(C)c1. The number of nitrogen functional groups attached to an aromatic ring is 1. The molecule has 0 aliphatic rings. The molecular weight excluding hydrogens is 265 g/mol. The third kappa shape index (κ3) is 2.52. The van der Waals surface area contributed by atoms with E-state index < -0.39 is 0 Å². The van der Waals surface area contributed by atoms with E-state index in [4.69, 9.17) is 5.73 Å². The summed E-state index contributed by atoms with van der Waals surface area (Å²) in [6, 6.07) is 12.4. The predicted molar refractivity (Wildman–Crippen MR) is 82.8 cm³/mol. The molecule has 0 amide bonds. The van der Waals surface area contributed by atoms with Crippen molar-refractivity contribution in [3.05, 3.63) is 65.6 Å². The van der Waals surface area contributed by atoms with Gasteiger partial charge in [-0.05, 0) is 37.6 Å². The summed E-state index contributed by atoms with van der Waals surface area (Å²) in [5.74, 6) is -0.298. The number of hydrogen-bond acceptors (Lipinski definition) is 2. The quantitative estimate of drug-likeness (QED) is 0.774. The molecular formula is C17H16FN3. The molecule has 0 unspecified atom stereocenters. The maximum atomic E-state index is 13.3. The number of halogens is 1. The highest BCUT2D eigenvalue weighted by atomic mass is 19.1. The molecule has 0 saturated carbocycles. The van der Waals surface area contributed by atoms with Crippen LogP contribution in [0.15, 0.2) is 48.7 Å². The van der Waals surface area contributed by atoms with Crippen LogP contribution in [0.4, 0.5) is 10.1 Å². The largest absolute Gasteiger partial charge is 0.396 e. The topological polar surface area (TPSA) is 43.8 Å². The van der Waals surface area contributed by atoms with Gasteiger partial charge in [-0.2, -0.15) is 5.10 Å². The molecule has 1 aromatic heterocycles. The van der Waals surface area contributed by atoms with Crippen LogP contribution in [0.1, 0.15) is 11.1 Å². The van der Waals surface area contributed by atoms with E-state index in [1.807, 2.05) is 26.0 Å². The first kappa shape index (κ1) is 13.4. The molecule has 0 bridgehead atoms. The van der Waals surface area contributed by atoms with Gasteiger partial charge in [0.05, 0.1) is 17.6 Å². The number of nitrogens with zero attached hydrogens (tertiary/aromatic N) is 2. The highest BCUT2D eigenvalue weighted by molar-refractivity contribution is 5.72. The number of anilines is 1. The van der Waals surface area contributed by atoms with E-state index in [1.54, 1.807) is 23.0 Å². The zero-order valence-electron chi connectivity index (χ0n) is 12.0. The number of rotatable bonds is 2. The van der Waals surface area contributed by atoms with Crippen molar-refractivity contribution in [3.8, 4) is 16.9 Å². The van der Waals surface area contributed by atoms with E-state index in [1.165, 1.54) is 17.7 Å². The molecule has 4 heteroatoms. The van der Waals surface area contributed by atoms with Crippen molar-refractivity contribution in [1.29, 1.82) is 0 Å². The van der Waals surface area contributed by atoms with Gasteiger partial charge >= 0.3 is 0 Å². The number of hydrogen-bond donors (Lipinski definition) is 1. The van der Waals surface area contributed by atoms with Crippen molar-refractivity contribution >= 4 is 5.69 Å². The van der Waals surface area contributed by atoms with E-state index in [0.29, 0.717) is 16.9 Å². The molecule has 0 fully saturated rings. The lowest BCUT2D eigenvalue weighted by molar-refractivity contribution is 0.628. The first-order valence-electron chi connectivity index (χ1n) is 6.73. The highest BCUT2D eigenvalue weighted by Crippen LogP contribution is 2.26. The van der Waals surface area contributed by atoms with Crippen molar-refractivity contribution < 1.29 is 4.39 Å². The Morgan fingerprint density at radius 2 is 1.90 bits per heavy atom. The van der Waals surface area contributed by atoms with Gasteiger partial charge in [-0.3, -0.25) is 0 Å². The summed E-state index contributed by atoms with van der Waals surface area (Å²) in [4.78, 5) is 0. The molecule has 106 valence electrons. The summed E-state index contributed by atoms with van der Waals surface area (Å²) in [7, 11) is 0. The molecule has 0 aliphatic heterocycles. The van der Waals surface area contributed by atoms with Crippen LogP contribution in [-0.2, 0) is 0 Å². The van der Waals surface area contributed by atoms with Crippen LogP contribution in [0.3, 0.4) is 0 Å². The second-order valence-electron chi connectivity index (χ2n) is 5.18. The summed E-state index contributed by atoms with van der Waals surface area (Å²) >= 11 is 0. The molecule has 0 atom stereocenters. The lowest BCUT2D eigenvalue weighted by atomic mass is 10.1. The number of benzene rings is 2. The summed E-state index contributed by atoms with van der Waals surface area (Å²) in [6.07, 6.45) is 1.76. The first-order chi connectivity index (χ1) is 10.0. The first-order valence-corrected chi connectivity index (χ1v) is 6.73. The molecule has 21 heavy (non-hydrogen) atoms.